The number of nitriles is 1. The number of amides is 1. The van der Waals surface area contributed by atoms with Crippen molar-refractivity contribution in [3.8, 4) is 6.07 Å². The molecule has 0 radical (unpaired) electrons. The van der Waals surface area contributed by atoms with E-state index in [0.717, 1.165) is 51.4 Å². The van der Waals surface area contributed by atoms with Crippen molar-refractivity contribution in [3.05, 3.63) is 11.6 Å². The summed E-state index contributed by atoms with van der Waals surface area (Å²) in [6, 6.07) is 2.21. The molecule has 2 aliphatic carbocycles. The number of ketones is 2. The van der Waals surface area contributed by atoms with Crippen LogP contribution in [0.2, 0.25) is 0 Å². The topological polar surface area (TPSA) is 96.3 Å². The lowest BCUT2D eigenvalue weighted by Gasteiger charge is -2.64. The van der Waals surface area contributed by atoms with E-state index in [4.69, 9.17) is 4.74 Å². The Balaban J connectivity index is 2.47. The molecule has 5 atom stereocenters. The lowest BCUT2D eigenvalue weighted by atomic mass is 9.39. The summed E-state index contributed by atoms with van der Waals surface area (Å²) in [4.78, 5) is 39.0. The number of ether oxygens (including phenoxy) is 1. The number of hydrogen-bond donors (Lipinski definition) is 1. The van der Waals surface area contributed by atoms with Gasteiger partial charge < -0.3 is 14.8 Å². The molecule has 2 unspecified atom stereocenters. The van der Waals surface area contributed by atoms with Gasteiger partial charge in [-0.3, -0.25) is 4.79 Å². The van der Waals surface area contributed by atoms with Crippen molar-refractivity contribution in [2.24, 2.45) is 44.3 Å². The number of Topliss-reactive ketones (excluding diaryl/α,β-unsaturated/α-hetero) is 2. The molecule has 0 aromatic heterocycles. The molecule has 0 heterocycles. The lowest BCUT2D eigenvalue weighted by Crippen LogP contribution is -2.60. The molecule has 0 spiro atoms. The first-order valence-electron chi connectivity index (χ1n) is 17.4. The maximum absolute atomic E-state index is 13.3. The minimum absolute atomic E-state index is 0.0124. The van der Waals surface area contributed by atoms with Crippen LogP contribution < -0.4 is 5.32 Å². The van der Waals surface area contributed by atoms with Crippen molar-refractivity contribution in [2.45, 2.75) is 160 Å². The highest BCUT2D eigenvalue weighted by Crippen LogP contribution is 2.68. The van der Waals surface area contributed by atoms with Crippen molar-refractivity contribution in [3.63, 3.8) is 0 Å². The van der Waals surface area contributed by atoms with Gasteiger partial charge in [-0.2, -0.15) is 5.26 Å². The second-order valence-electron chi connectivity index (χ2n) is 18.5. The standard InChI is InChI=1S/C39H66N2O4/c1-15-17-34(6,7)19-21-37(12,26-41-32(44)45-33(3,4)5)22-20-35(8,9)39(14)18-16-29-36(10,11)31(43)28(25-40)24-38(29,13)30(39)23-27(2)42/h24,29-30H,15-23,26H2,1-14H3,(H,41,44)/t29?,30?,37-,38-,39+/m0/s1. The molecule has 0 bridgehead atoms. The Morgan fingerprint density at radius 1 is 0.978 bits per heavy atom. The molecule has 1 saturated carbocycles. The summed E-state index contributed by atoms with van der Waals surface area (Å²) in [6.45, 7) is 30.3. The Morgan fingerprint density at radius 3 is 2.07 bits per heavy atom. The molecule has 6 heteroatoms. The van der Waals surface area contributed by atoms with Gasteiger partial charge >= 0.3 is 6.09 Å². The quantitative estimate of drug-likeness (QED) is 0.219. The molecule has 0 aromatic carbocycles. The van der Waals surface area contributed by atoms with Crippen LogP contribution in [0.3, 0.4) is 0 Å². The molecule has 256 valence electrons. The molecule has 2 aliphatic rings. The Kier molecular flexibility index (Phi) is 11.7. The van der Waals surface area contributed by atoms with Crippen LogP contribution in [0, 0.1) is 55.7 Å². The smallest absolute Gasteiger partial charge is 0.407 e. The van der Waals surface area contributed by atoms with Gasteiger partial charge in [-0.1, -0.05) is 81.7 Å². The van der Waals surface area contributed by atoms with Gasteiger partial charge in [-0.25, -0.2) is 4.79 Å². The maximum Gasteiger partial charge on any atom is 0.407 e. The number of alkyl carbamates (subject to hydrolysis) is 1. The highest BCUT2D eigenvalue weighted by Gasteiger charge is 2.63. The summed E-state index contributed by atoms with van der Waals surface area (Å²) < 4.78 is 5.59. The Labute approximate surface area is 275 Å². The predicted octanol–water partition coefficient (Wildman–Crippen LogP) is 10.0. The van der Waals surface area contributed by atoms with Crippen LogP contribution in [0.5, 0.6) is 0 Å². The van der Waals surface area contributed by atoms with E-state index in [2.05, 4.69) is 66.8 Å². The molecule has 0 aliphatic heterocycles. The van der Waals surface area contributed by atoms with Crippen LogP contribution in [-0.2, 0) is 14.3 Å². The van der Waals surface area contributed by atoms with Crippen molar-refractivity contribution in [2.75, 3.05) is 6.54 Å². The third kappa shape index (κ3) is 8.81. The number of carbonyl (C=O) groups excluding carboxylic acids is 3. The summed E-state index contributed by atoms with van der Waals surface area (Å²) in [5, 5.41) is 13.1. The molecule has 0 saturated heterocycles. The fourth-order valence-electron chi connectivity index (χ4n) is 8.95. The molecular weight excluding hydrogens is 560 g/mol. The average molecular weight is 627 g/mol. The van der Waals surface area contributed by atoms with E-state index in [-0.39, 0.29) is 56.7 Å². The van der Waals surface area contributed by atoms with Crippen LogP contribution in [0.15, 0.2) is 11.6 Å². The van der Waals surface area contributed by atoms with Gasteiger partial charge in [0.05, 0.1) is 5.57 Å². The van der Waals surface area contributed by atoms with Gasteiger partial charge in [0.25, 0.3) is 0 Å². The fourth-order valence-corrected chi connectivity index (χ4v) is 8.95. The number of allylic oxidation sites excluding steroid dienone is 2. The van der Waals surface area contributed by atoms with Crippen LogP contribution in [-0.4, -0.2) is 29.8 Å². The zero-order valence-electron chi connectivity index (χ0n) is 31.4. The third-order valence-corrected chi connectivity index (χ3v) is 12.3. The zero-order chi connectivity index (χ0) is 34.9. The Morgan fingerprint density at radius 2 is 1.56 bits per heavy atom. The second kappa shape index (κ2) is 13.5. The third-order valence-electron chi connectivity index (χ3n) is 12.3. The van der Waals surface area contributed by atoms with Crippen molar-refractivity contribution in [1.29, 1.82) is 5.26 Å². The van der Waals surface area contributed by atoms with Crippen LogP contribution in [0.4, 0.5) is 4.79 Å². The largest absolute Gasteiger partial charge is 0.444 e. The van der Waals surface area contributed by atoms with Crippen LogP contribution in [0.25, 0.3) is 0 Å². The minimum Gasteiger partial charge on any atom is -0.444 e. The SMILES string of the molecule is CCCC(C)(C)CC[C@@](C)(CCC(C)(C)[C@]1(C)CCC2C(C)(C)C(=O)C(C#N)=C[C@]2(C)C1CC(C)=O)CNC(=O)OC(C)(C)C. The normalized spacial score (nSPS) is 28.3. The number of nitrogens with one attached hydrogen (secondary N) is 1. The monoisotopic (exact) mass is 627 g/mol. The number of rotatable bonds is 13. The van der Waals surface area contributed by atoms with Crippen LogP contribution >= 0.6 is 0 Å². The summed E-state index contributed by atoms with van der Waals surface area (Å²) in [7, 11) is 0. The number of nitrogens with zero attached hydrogens (tertiary/aromatic N) is 1. The van der Waals surface area contributed by atoms with Crippen molar-refractivity contribution >= 4 is 17.7 Å². The van der Waals surface area contributed by atoms with E-state index in [1.165, 1.54) is 0 Å². The Bertz CT molecular complexity index is 1180. The van der Waals surface area contributed by atoms with E-state index in [9.17, 15) is 19.6 Å². The van der Waals surface area contributed by atoms with E-state index in [1.807, 2.05) is 40.7 Å². The fraction of sp³-hybridized carbons (Fsp3) is 0.846. The van der Waals surface area contributed by atoms with E-state index in [1.54, 1.807) is 6.92 Å². The van der Waals surface area contributed by atoms with Crippen molar-refractivity contribution in [1.82, 2.24) is 5.32 Å². The molecule has 1 amide bonds. The molecule has 1 fully saturated rings. The summed E-state index contributed by atoms with van der Waals surface area (Å²) in [6.07, 6.45) is 10.00. The first kappa shape index (κ1) is 39.0. The predicted molar refractivity (Wildman–Crippen MR) is 183 cm³/mol. The molecule has 45 heavy (non-hydrogen) atoms. The number of fused-ring (bicyclic) bond motifs is 1. The Hall–Kier alpha value is -2.16. The summed E-state index contributed by atoms with van der Waals surface area (Å²) in [5.74, 6) is 0.125. The number of carbonyl (C=O) groups is 3. The molecule has 1 N–H and O–H groups in total. The van der Waals surface area contributed by atoms with Gasteiger partial charge in [0, 0.05) is 18.4 Å². The second-order valence-corrected chi connectivity index (χ2v) is 18.5. The highest BCUT2D eigenvalue weighted by atomic mass is 16.6. The number of hydrogen-bond acceptors (Lipinski definition) is 5. The van der Waals surface area contributed by atoms with Gasteiger partial charge in [0.15, 0.2) is 5.78 Å². The molecular formula is C39H66N2O4. The van der Waals surface area contributed by atoms with E-state index >= 15 is 0 Å². The first-order chi connectivity index (χ1) is 20.3. The van der Waals surface area contributed by atoms with E-state index < -0.39 is 16.4 Å². The maximum atomic E-state index is 13.3. The van der Waals surface area contributed by atoms with Crippen LogP contribution in [0.1, 0.15) is 155 Å². The van der Waals surface area contributed by atoms with Gasteiger partial charge in [-0.05, 0) is 112 Å². The lowest BCUT2D eigenvalue weighted by molar-refractivity contribution is -0.155. The van der Waals surface area contributed by atoms with Gasteiger partial charge in [0.2, 0.25) is 0 Å². The van der Waals surface area contributed by atoms with Gasteiger partial charge in [0.1, 0.15) is 17.5 Å². The average Bonchev–Trinajstić information content (AvgIpc) is 2.89. The van der Waals surface area contributed by atoms with E-state index in [0.29, 0.717) is 13.0 Å². The zero-order valence-corrected chi connectivity index (χ0v) is 31.4. The van der Waals surface area contributed by atoms with Gasteiger partial charge in [-0.15, -0.1) is 0 Å². The molecule has 0 aromatic rings. The minimum atomic E-state index is -0.660. The van der Waals surface area contributed by atoms with Crippen molar-refractivity contribution < 1.29 is 19.1 Å². The first-order valence-corrected chi connectivity index (χ1v) is 17.4. The molecule has 6 nitrogen and oxygen atoms in total. The summed E-state index contributed by atoms with van der Waals surface area (Å²) >= 11 is 0. The highest BCUT2D eigenvalue weighted by molar-refractivity contribution is 6.04. The molecule has 2 rings (SSSR count). The summed E-state index contributed by atoms with van der Waals surface area (Å²) in [5.41, 5.74) is -1.71.